The lowest BCUT2D eigenvalue weighted by Gasteiger charge is -2.19. The van der Waals surface area contributed by atoms with Crippen LogP contribution in [-0.4, -0.2) is 53.0 Å². The van der Waals surface area contributed by atoms with Crippen LogP contribution in [0.1, 0.15) is 19.8 Å². The Bertz CT molecular complexity index is 294. The van der Waals surface area contributed by atoms with E-state index in [1.54, 1.807) is 0 Å². The van der Waals surface area contributed by atoms with Crippen molar-refractivity contribution < 1.29 is 24.5 Å². The maximum absolute atomic E-state index is 11.7. The molecule has 0 spiro atoms. The van der Waals surface area contributed by atoms with Crippen molar-refractivity contribution in [3.05, 3.63) is 0 Å². The van der Waals surface area contributed by atoms with Gasteiger partial charge in [0.15, 0.2) is 6.04 Å². The number of carboxylic acids is 1. The Kier molecular flexibility index (Phi) is 4.86. The van der Waals surface area contributed by atoms with Gasteiger partial charge in [0.2, 0.25) is 5.91 Å². The van der Waals surface area contributed by atoms with Gasteiger partial charge in [-0.25, -0.2) is 4.79 Å². The third-order valence-electron chi connectivity index (χ3n) is 2.71. The van der Waals surface area contributed by atoms with Crippen molar-refractivity contribution in [2.24, 2.45) is 5.73 Å². The van der Waals surface area contributed by atoms with Crippen molar-refractivity contribution >= 4 is 11.9 Å². The molecule has 1 amide bonds. The van der Waals surface area contributed by atoms with Gasteiger partial charge in [-0.15, -0.1) is 0 Å². The first kappa shape index (κ1) is 13.9. The van der Waals surface area contributed by atoms with Gasteiger partial charge in [0, 0.05) is 6.54 Å². The number of carbonyl (C=O) groups excluding carboxylic acids is 1. The SMILES string of the molecule is C[C@@H](O)[C@H](NC(=O)C1CCC(CN)O1)C(=O)O. The molecule has 0 aromatic heterocycles. The highest BCUT2D eigenvalue weighted by Crippen LogP contribution is 2.19. The highest BCUT2D eigenvalue weighted by molar-refractivity contribution is 5.86. The minimum absolute atomic E-state index is 0.152. The highest BCUT2D eigenvalue weighted by atomic mass is 16.5. The summed E-state index contributed by atoms with van der Waals surface area (Å²) >= 11 is 0. The zero-order valence-corrected chi connectivity index (χ0v) is 9.63. The van der Waals surface area contributed by atoms with Gasteiger partial charge in [-0.3, -0.25) is 4.79 Å². The summed E-state index contributed by atoms with van der Waals surface area (Å²) in [5.41, 5.74) is 5.40. The summed E-state index contributed by atoms with van der Waals surface area (Å²) in [5, 5.41) is 20.3. The normalized spacial score (nSPS) is 27.5. The number of hydrogen-bond donors (Lipinski definition) is 4. The summed E-state index contributed by atoms with van der Waals surface area (Å²) in [5.74, 6) is -1.80. The molecule has 1 saturated heterocycles. The zero-order chi connectivity index (χ0) is 13.0. The highest BCUT2D eigenvalue weighted by Gasteiger charge is 2.33. The Morgan fingerprint density at radius 2 is 2.18 bits per heavy atom. The predicted octanol–water partition coefficient (Wildman–Crippen LogP) is -1.56. The van der Waals surface area contributed by atoms with E-state index in [0.717, 1.165) is 0 Å². The molecule has 1 aliphatic rings. The first-order valence-corrected chi connectivity index (χ1v) is 5.52. The molecule has 5 N–H and O–H groups in total. The van der Waals surface area contributed by atoms with Gasteiger partial charge in [0.05, 0.1) is 12.2 Å². The standard InChI is InChI=1S/C10H18N2O5/c1-5(13)8(10(15)16)12-9(14)7-3-2-6(4-11)17-7/h5-8,13H,2-4,11H2,1H3,(H,12,14)(H,15,16)/t5-,6?,7?,8+/m1/s1. The molecule has 0 bridgehead atoms. The van der Waals surface area contributed by atoms with Crippen LogP contribution >= 0.6 is 0 Å². The number of nitrogens with one attached hydrogen (secondary N) is 1. The number of aliphatic hydroxyl groups is 1. The number of carbonyl (C=O) groups is 2. The van der Waals surface area contributed by atoms with Crippen LogP contribution in [0.4, 0.5) is 0 Å². The van der Waals surface area contributed by atoms with Crippen LogP contribution < -0.4 is 11.1 Å². The molecule has 4 atom stereocenters. The molecule has 98 valence electrons. The smallest absolute Gasteiger partial charge is 0.328 e. The monoisotopic (exact) mass is 246 g/mol. The first-order chi connectivity index (χ1) is 7.95. The van der Waals surface area contributed by atoms with Crippen LogP contribution in [0.25, 0.3) is 0 Å². The van der Waals surface area contributed by atoms with E-state index in [4.69, 9.17) is 15.6 Å². The van der Waals surface area contributed by atoms with Gasteiger partial charge in [0.25, 0.3) is 0 Å². The summed E-state index contributed by atoms with van der Waals surface area (Å²) in [6.45, 7) is 1.64. The molecule has 17 heavy (non-hydrogen) atoms. The summed E-state index contributed by atoms with van der Waals surface area (Å²) in [6.07, 6.45) is -0.797. The van der Waals surface area contributed by atoms with Crippen LogP contribution in [0.2, 0.25) is 0 Å². The van der Waals surface area contributed by atoms with E-state index in [2.05, 4.69) is 5.32 Å². The fourth-order valence-corrected chi connectivity index (χ4v) is 1.71. The Morgan fingerprint density at radius 1 is 1.53 bits per heavy atom. The summed E-state index contributed by atoms with van der Waals surface area (Å²) in [7, 11) is 0. The Balaban J connectivity index is 2.51. The van der Waals surface area contributed by atoms with Gasteiger partial charge in [-0.2, -0.15) is 0 Å². The summed E-state index contributed by atoms with van der Waals surface area (Å²) < 4.78 is 5.32. The maximum Gasteiger partial charge on any atom is 0.328 e. The van der Waals surface area contributed by atoms with Gasteiger partial charge in [-0.1, -0.05) is 0 Å². The number of rotatable bonds is 5. The van der Waals surface area contributed by atoms with E-state index in [1.807, 2.05) is 0 Å². The fraction of sp³-hybridized carbons (Fsp3) is 0.800. The second-order valence-electron chi connectivity index (χ2n) is 4.12. The van der Waals surface area contributed by atoms with E-state index in [-0.39, 0.29) is 6.10 Å². The van der Waals surface area contributed by atoms with Crippen molar-refractivity contribution in [1.82, 2.24) is 5.32 Å². The molecule has 0 radical (unpaired) electrons. The lowest BCUT2D eigenvalue weighted by Crippen LogP contribution is -2.50. The number of carboxylic acid groups (broad SMARTS) is 1. The van der Waals surface area contributed by atoms with Crippen molar-refractivity contribution in [3.8, 4) is 0 Å². The molecule has 0 saturated carbocycles. The lowest BCUT2D eigenvalue weighted by atomic mass is 10.1. The van der Waals surface area contributed by atoms with E-state index in [9.17, 15) is 14.7 Å². The van der Waals surface area contributed by atoms with Crippen molar-refractivity contribution in [1.29, 1.82) is 0 Å². The third-order valence-corrected chi connectivity index (χ3v) is 2.71. The third kappa shape index (κ3) is 3.65. The fourth-order valence-electron chi connectivity index (χ4n) is 1.71. The molecule has 7 nitrogen and oxygen atoms in total. The zero-order valence-electron chi connectivity index (χ0n) is 9.63. The summed E-state index contributed by atoms with van der Waals surface area (Å²) in [6, 6.07) is -1.32. The number of aliphatic carboxylic acids is 1. The molecule has 1 heterocycles. The van der Waals surface area contributed by atoms with E-state index in [1.165, 1.54) is 6.92 Å². The van der Waals surface area contributed by atoms with Crippen LogP contribution in [0.5, 0.6) is 0 Å². The molecule has 1 rings (SSSR count). The Morgan fingerprint density at radius 3 is 2.59 bits per heavy atom. The number of amides is 1. The summed E-state index contributed by atoms with van der Waals surface area (Å²) in [4.78, 5) is 22.5. The topological polar surface area (TPSA) is 122 Å². The van der Waals surface area contributed by atoms with Gasteiger partial charge in [0.1, 0.15) is 6.10 Å². The molecular weight excluding hydrogens is 228 g/mol. The molecule has 0 aliphatic carbocycles. The number of hydrogen-bond acceptors (Lipinski definition) is 5. The average molecular weight is 246 g/mol. The van der Waals surface area contributed by atoms with Gasteiger partial charge >= 0.3 is 5.97 Å². The average Bonchev–Trinajstić information content (AvgIpc) is 2.73. The van der Waals surface area contributed by atoms with Crippen molar-refractivity contribution in [2.75, 3.05) is 6.54 Å². The van der Waals surface area contributed by atoms with E-state index >= 15 is 0 Å². The number of aliphatic hydroxyl groups excluding tert-OH is 1. The van der Waals surface area contributed by atoms with Crippen LogP contribution in [0, 0.1) is 0 Å². The van der Waals surface area contributed by atoms with Crippen LogP contribution in [0.3, 0.4) is 0 Å². The minimum Gasteiger partial charge on any atom is -0.480 e. The van der Waals surface area contributed by atoms with Gasteiger partial charge < -0.3 is 26.0 Å². The maximum atomic E-state index is 11.7. The quantitative estimate of drug-likeness (QED) is 0.465. The minimum atomic E-state index is -1.32. The van der Waals surface area contributed by atoms with Crippen LogP contribution in [-0.2, 0) is 14.3 Å². The molecule has 0 aromatic rings. The van der Waals surface area contributed by atoms with Crippen molar-refractivity contribution in [2.45, 2.75) is 44.1 Å². The number of ether oxygens (including phenoxy) is 1. The van der Waals surface area contributed by atoms with Gasteiger partial charge in [-0.05, 0) is 19.8 Å². The first-order valence-electron chi connectivity index (χ1n) is 5.52. The molecule has 2 unspecified atom stereocenters. The Labute approximate surface area is 98.9 Å². The molecule has 1 aliphatic heterocycles. The molecular formula is C10H18N2O5. The number of nitrogens with two attached hydrogens (primary N) is 1. The van der Waals surface area contributed by atoms with Crippen molar-refractivity contribution in [3.63, 3.8) is 0 Å². The lowest BCUT2D eigenvalue weighted by molar-refractivity contribution is -0.147. The predicted molar refractivity (Wildman–Crippen MR) is 58.2 cm³/mol. The second-order valence-corrected chi connectivity index (χ2v) is 4.12. The molecule has 1 fully saturated rings. The van der Waals surface area contributed by atoms with E-state index < -0.39 is 30.1 Å². The molecule has 7 heteroatoms. The largest absolute Gasteiger partial charge is 0.480 e. The Hall–Kier alpha value is -1.18. The van der Waals surface area contributed by atoms with E-state index in [0.29, 0.717) is 19.4 Å². The second kappa shape index (κ2) is 5.95. The molecule has 0 aromatic carbocycles. The van der Waals surface area contributed by atoms with Crippen LogP contribution in [0.15, 0.2) is 0 Å².